The number of carbonyl (C=O) groups excluding carboxylic acids is 1. The van der Waals surface area contributed by atoms with E-state index in [0.29, 0.717) is 35.1 Å². The number of anilines is 1. The summed E-state index contributed by atoms with van der Waals surface area (Å²) in [6.45, 7) is 6.22. The van der Waals surface area contributed by atoms with Gasteiger partial charge in [0.25, 0.3) is 0 Å². The number of hydrogen-bond acceptors (Lipinski definition) is 5. The fraction of sp³-hybridized carbons (Fsp3) is 0.400. The van der Waals surface area contributed by atoms with Crippen LogP contribution in [0.3, 0.4) is 0 Å². The Kier molecular flexibility index (Phi) is 2.93. The van der Waals surface area contributed by atoms with Crippen molar-refractivity contribution in [2.45, 2.75) is 33.1 Å². The molecular weight excluding hydrogens is 294 g/mol. The Morgan fingerprint density at radius 2 is 2.13 bits per heavy atom. The van der Waals surface area contributed by atoms with Gasteiger partial charge in [0.15, 0.2) is 11.5 Å². The van der Waals surface area contributed by atoms with Gasteiger partial charge in [0, 0.05) is 17.9 Å². The summed E-state index contributed by atoms with van der Waals surface area (Å²) < 4.78 is 1.68. The van der Waals surface area contributed by atoms with Crippen molar-refractivity contribution in [3.05, 3.63) is 23.9 Å². The van der Waals surface area contributed by atoms with Gasteiger partial charge < -0.3 is 10.3 Å². The Balaban J connectivity index is 1.97. The van der Waals surface area contributed by atoms with E-state index in [4.69, 9.17) is 0 Å². The van der Waals surface area contributed by atoms with Crippen LogP contribution in [0.2, 0.25) is 0 Å². The number of H-pyrrole nitrogens is 1. The fourth-order valence-electron chi connectivity index (χ4n) is 3.22. The van der Waals surface area contributed by atoms with Crippen LogP contribution >= 0.6 is 0 Å². The van der Waals surface area contributed by atoms with Crippen molar-refractivity contribution in [1.29, 1.82) is 0 Å². The Morgan fingerprint density at radius 3 is 2.91 bits per heavy atom. The molecular formula is C15H17N7O. The lowest BCUT2D eigenvalue weighted by Crippen LogP contribution is -2.26. The second-order valence-corrected chi connectivity index (χ2v) is 6.16. The maximum absolute atomic E-state index is 12.1. The number of aromatic amines is 1. The lowest BCUT2D eigenvalue weighted by molar-refractivity contribution is -0.117. The molecule has 3 aromatic rings. The minimum absolute atomic E-state index is 0.00672. The van der Waals surface area contributed by atoms with Crippen LogP contribution in [-0.2, 0) is 4.79 Å². The number of aryl methyl sites for hydroxylation is 1. The van der Waals surface area contributed by atoms with Crippen molar-refractivity contribution in [3.8, 4) is 5.82 Å². The van der Waals surface area contributed by atoms with Gasteiger partial charge in [0.1, 0.15) is 17.7 Å². The number of nitrogens with zero attached hydrogens (tertiary/aromatic N) is 5. The lowest BCUT2D eigenvalue weighted by Gasteiger charge is -2.26. The molecule has 0 spiro atoms. The standard InChI is InChI=1S/C15H17N7O/c1-7(2)9-4-10(23)20-14-11(9)8(3)21-22(14)15-12-13(17-5-16-12)18-6-19-15/h5-7,9H,4H2,1-3H3,(H,20,23)(H,16,17,18,19)/t9-/m0/s1. The Morgan fingerprint density at radius 1 is 1.30 bits per heavy atom. The molecule has 0 radical (unpaired) electrons. The number of rotatable bonds is 2. The van der Waals surface area contributed by atoms with Gasteiger partial charge in [-0.25, -0.2) is 15.0 Å². The summed E-state index contributed by atoms with van der Waals surface area (Å²) >= 11 is 0. The first kappa shape index (κ1) is 13.9. The molecule has 4 heterocycles. The van der Waals surface area contributed by atoms with Crippen molar-refractivity contribution in [3.63, 3.8) is 0 Å². The van der Waals surface area contributed by atoms with Gasteiger partial charge in [-0.2, -0.15) is 9.78 Å². The largest absolute Gasteiger partial charge is 0.340 e. The van der Waals surface area contributed by atoms with E-state index in [9.17, 15) is 4.79 Å². The predicted octanol–water partition coefficient (Wildman–Crippen LogP) is 1.93. The normalized spacial score (nSPS) is 17.6. The molecule has 2 N–H and O–H groups in total. The first-order valence-corrected chi connectivity index (χ1v) is 7.60. The maximum Gasteiger partial charge on any atom is 0.226 e. The third-order valence-electron chi connectivity index (χ3n) is 4.35. The lowest BCUT2D eigenvalue weighted by atomic mass is 9.83. The molecule has 3 aromatic heterocycles. The van der Waals surface area contributed by atoms with Crippen LogP contribution in [0, 0.1) is 12.8 Å². The zero-order valence-corrected chi connectivity index (χ0v) is 13.2. The highest BCUT2D eigenvalue weighted by atomic mass is 16.1. The van der Waals surface area contributed by atoms with E-state index in [1.54, 1.807) is 11.0 Å². The van der Waals surface area contributed by atoms with Crippen LogP contribution in [0.5, 0.6) is 0 Å². The molecule has 1 amide bonds. The monoisotopic (exact) mass is 311 g/mol. The number of imidazole rings is 1. The van der Waals surface area contributed by atoms with Crippen LogP contribution in [0.1, 0.15) is 37.4 Å². The summed E-state index contributed by atoms with van der Waals surface area (Å²) in [7, 11) is 0. The molecule has 1 atom stereocenters. The number of hydrogen-bond donors (Lipinski definition) is 2. The van der Waals surface area contributed by atoms with E-state index in [2.05, 4.69) is 44.2 Å². The molecule has 0 fully saturated rings. The third-order valence-corrected chi connectivity index (χ3v) is 4.35. The van der Waals surface area contributed by atoms with Crippen LogP contribution in [0.25, 0.3) is 17.0 Å². The van der Waals surface area contributed by atoms with Crippen LogP contribution < -0.4 is 5.32 Å². The highest BCUT2D eigenvalue weighted by Crippen LogP contribution is 2.40. The number of aromatic nitrogens is 6. The van der Waals surface area contributed by atoms with E-state index in [0.717, 1.165) is 11.3 Å². The molecule has 0 bridgehead atoms. The smallest absolute Gasteiger partial charge is 0.226 e. The van der Waals surface area contributed by atoms with Gasteiger partial charge in [-0.1, -0.05) is 13.8 Å². The first-order valence-electron chi connectivity index (χ1n) is 7.60. The summed E-state index contributed by atoms with van der Waals surface area (Å²) in [5.74, 6) is 1.81. The molecule has 4 rings (SSSR count). The first-order chi connectivity index (χ1) is 11.1. The molecule has 8 nitrogen and oxygen atoms in total. The average molecular weight is 311 g/mol. The molecule has 118 valence electrons. The highest BCUT2D eigenvalue weighted by Gasteiger charge is 2.33. The Bertz CT molecular complexity index is 908. The van der Waals surface area contributed by atoms with Crippen LogP contribution in [0.15, 0.2) is 12.7 Å². The molecule has 1 aliphatic rings. The van der Waals surface area contributed by atoms with E-state index in [1.165, 1.54) is 6.33 Å². The van der Waals surface area contributed by atoms with Gasteiger partial charge in [-0.05, 0) is 12.8 Å². The molecule has 8 heteroatoms. The number of nitrogens with one attached hydrogen (secondary N) is 2. The molecule has 23 heavy (non-hydrogen) atoms. The summed E-state index contributed by atoms with van der Waals surface area (Å²) in [6, 6.07) is 0. The van der Waals surface area contributed by atoms with Gasteiger partial charge in [-0.15, -0.1) is 0 Å². The van der Waals surface area contributed by atoms with Crippen molar-refractivity contribution in [2.75, 3.05) is 5.32 Å². The van der Waals surface area contributed by atoms with Crippen LogP contribution in [0.4, 0.5) is 5.82 Å². The quantitative estimate of drug-likeness (QED) is 0.753. The summed E-state index contributed by atoms with van der Waals surface area (Å²) in [6.07, 6.45) is 3.51. The molecule has 1 aliphatic heterocycles. The maximum atomic E-state index is 12.1. The van der Waals surface area contributed by atoms with E-state index in [-0.39, 0.29) is 11.8 Å². The van der Waals surface area contributed by atoms with E-state index >= 15 is 0 Å². The predicted molar refractivity (Wildman–Crippen MR) is 84.4 cm³/mol. The van der Waals surface area contributed by atoms with Crippen molar-refractivity contribution in [2.24, 2.45) is 5.92 Å². The topological polar surface area (TPSA) is 101 Å². The molecule has 0 saturated carbocycles. The second kappa shape index (κ2) is 4.87. The zero-order chi connectivity index (χ0) is 16.1. The molecule has 0 unspecified atom stereocenters. The van der Waals surface area contributed by atoms with E-state index in [1.807, 2.05) is 6.92 Å². The second-order valence-electron chi connectivity index (χ2n) is 6.16. The molecule has 0 saturated heterocycles. The van der Waals surface area contributed by atoms with Crippen molar-refractivity contribution >= 4 is 22.9 Å². The zero-order valence-electron chi connectivity index (χ0n) is 13.2. The summed E-state index contributed by atoms with van der Waals surface area (Å²) in [5, 5.41) is 7.58. The number of carbonyl (C=O) groups is 1. The summed E-state index contributed by atoms with van der Waals surface area (Å²) in [4.78, 5) is 27.8. The summed E-state index contributed by atoms with van der Waals surface area (Å²) in [5.41, 5.74) is 3.26. The average Bonchev–Trinajstić information content (AvgIpc) is 3.11. The molecule has 0 aromatic carbocycles. The van der Waals surface area contributed by atoms with E-state index < -0.39 is 0 Å². The van der Waals surface area contributed by atoms with Gasteiger partial charge >= 0.3 is 0 Å². The Hall–Kier alpha value is -2.77. The van der Waals surface area contributed by atoms with Gasteiger partial charge in [0.05, 0.1) is 12.0 Å². The SMILES string of the molecule is Cc1nn(-c2ncnc3nc[nH]c23)c2c1[C@H](C(C)C)CC(=O)N2. The third kappa shape index (κ3) is 2.01. The van der Waals surface area contributed by atoms with Gasteiger partial charge in [0.2, 0.25) is 5.91 Å². The minimum Gasteiger partial charge on any atom is -0.340 e. The number of fused-ring (bicyclic) bond motifs is 2. The molecule has 0 aliphatic carbocycles. The fourth-order valence-corrected chi connectivity index (χ4v) is 3.22. The minimum atomic E-state index is 0.00672. The number of amides is 1. The van der Waals surface area contributed by atoms with Crippen molar-refractivity contribution in [1.82, 2.24) is 29.7 Å². The van der Waals surface area contributed by atoms with Crippen LogP contribution in [-0.4, -0.2) is 35.6 Å². The highest BCUT2D eigenvalue weighted by molar-refractivity contribution is 5.95. The Labute approximate surface area is 132 Å². The van der Waals surface area contributed by atoms with Crippen molar-refractivity contribution < 1.29 is 4.79 Å². The van der Waals surface area contributed by atoms with Gasteiger partial charge in [-0.3, -0.25) is 4.79 Å².